The minimum atomic E-state index is 0.425. The van der Waals surface area contributed by atoms with E-state index in [9.17, 15) is 0 Å². The summed E-state index contributed by atoms with van der Waals surface area (Å²) in [6.45, 7) is 4.18. The van der Waals surface area contributed by atoms with Crippen molar-refractivity contribution in [2.45, 2.75) is 25.8 Å². The fourth-order valence-electron chi connectivity index (χ4n) is 3.85. The minimum Gasteiger partial charge on any atom is -0.366 e. The fourth-order valence-corrected chi connectivity index (χ4v) is 3.85. The fraction of sp³-hybridized carbons (Fsp3) is 0.286. The van der Waals surface area contributed by atoms with Crippen molar-refractivity contribution in [3.8, 4) is 22.5 Å². The molecule has 1 saturated heterocycles. The Balaban J connectivity index is 1.52. The summed E-state index contributed by atoms with van der Waals surface area (Å²) >= 11 is 0. The second-order valence-corrected chi connectivity index (χ2v) is 7.32. The Morgan fingerprint density at radius 3 is 3.04 bits per heavy atom. The Kier molecular flexibility index (Phi) is 4.29. The van der Waals surface area contributed by atoms with E-state index in [1.807, 2.05) is 36.8 Å². The monoisotopic (exact) mass is 373 g/mol. The summed E-state index contributed by atoms with van der Waals surface area (Å²) in [6.07, 6.45) is 10.1. The van der Waals surface area contributed by atoms with E-state index >= 15 is 0 Å². The highest BCUT2D eigenvalue weighted by Crippen LogP contribution is 2.27. The molecule has 0 aromatic carbocycles. The summed E-state index contributed by atoms with van der Waals surface area (Å²) in [5.74, 6) is 0.906. The quantitative estimate of drug-likeness (QED) is 0.511. The lowest BCUT2D eigenvalue weighted by Crippen LogP contribution is -2.38. The van der Waals surface area contributed by atoms with Crippen LogP contribution in [0.25, 0.3) is 28.2 Å². The van der Waals surface area contributed by atoms with E-state index in [0.717, 1.165) is 47.1 Å². The van der Waals surface area contributed by atoms with Gasteiger partial charge in [-0.1, -0.05) is 6.07 Å². The number of H-pyrrole nitrogens is 1. The number of hydrogen-bond donors (Lipinski definition) is 3. The summed E-state index contributed by atoms with van der Waals surface area (Å²) < 4.78 is 2.10. The Morgan fingerprint density at radius 2 is 2.21 bits per heavy atom. The van der Waals surface area contributed by atoms with Crippen LogP contribution in [0.15, 0.2) is 49.1 Å². The maximum atomic E-state index is 4.86. The van der Waals surface area contributed by atoms with Gasteiger partial charge >= 0.3 is 0 Å². The normalized spacial score (nSPS) is 17.1. The van der Waals surface area contributed by atoms with Gasteiger partial charge in [-0.15, -0.1) is 0 Å². The average molecular weight is 373 g/mol. The third-order valence-corrected chi connectivity index (χ3v) is 5.32. The van der Waals surface area contributed by atoms with Crippen LogP contribution >= 0.6 is 0 Å². The molecule has 1 aliphatic heterocycles. The SMILES string of the molecule is Cc1cc2ncc(-c3cccc(NC4CCCNC4)n3)n2cc1-c1cn[nH]c1. The van der Waals surface area contributed by atoms with E-state index in [4.69, 9.17) is 4.98 Å². The molecule has 5 heterocycles. The molecule has 4 aromatic heterocycles. The molecule has 1 fully saturated rings. The van der Waals surface area contributed by atoms with Crippen LogP contribution in [0.3, 0.4) is 0 Å². The van der Waals surface area contributed by atoms with E-state index in [1.165, 1.54) is 18.4 Å². The Bertz CT molecular complexity index is 1090. The van der Waals surface area contributed by atoms with Crippen LogP contribution in [0.4, 0.5) is 5.82 Å². The first-order valence-corrected chi connectivity index (χ1v) is 9.69. The number of nitrogens with one attached hydrogen (secondary N) is 3. The second-order valence-electron chi connectivity index (χ2n) is 7.32. The molecule has 0 aliphatic carbocycles. The standard InChI is InChI=1S/C21H23N7/c1-14-8-21-23-12-19(28(21)13-17(14)15-9-24-25-10-15)18-5-2-6-20(27-18)26-16-4-3-7-22-11-16/h2,5-6,8-10,12-13,16,22H,3-4,7,11H2,1H3,(H,24,25)(H,26,27). The molecular formula is C21H23N7. The first-order chi connectivity index (χ1) is 13.8. The maximum Gasteiger partial charge on any atom is 0.137 e. The topological polar surface area (TPSA) is 82.9 Å². The van der Waals surface area contributed by atoms with Gasteiger partial charge < -0.3 is 10.6 Å². The van der Waals surface area contributed by atoms with Crippen molar-refractivity contribution in [3.05, 3.63) is 54.6 Å². The Labute approximate surface area is 163 Å². The van der Waals surface area contributed by atoms with Crippen molar-refractivity contribution in [2.75, 3.05) is 18.4 Å². The first kappa shape index (κ1) is 16.9. The van der Waals surface area contributed by atoms with Crippen LogP contribution in [-0.2, 0) is 0 Å². The zero-order valence-corrected chi connectivity index (χ0v) is 15.8. The summed E-state index contributed by atoms with van der Waals surface area (Å²) in [5.41, 5.74) is 6.15. The van der Waals surface area contributed by atoms with Crippen molar-refractivity contribution in [1.29, 1.82) is 0 Å². The van der Waals surface area contributed by atoms with Crippen LogP contribution in [0.2, 0.25) is 0 Å². The summed E-state index contributed by atoms with van der Waals surface area (Å²) in [4.78, 5) is 9.45. The number of anilines is 1. The van der Waals surface area contributed by atoms with E-state index in [0.29, 0.717) is 6.04 Å². The molecule has 1 unspecified atom stereocenters. The molecule has 1 aliphatic rings. The van der Waals surface area contributed by atoms with Crippen molar-refractivity contribution in [3.63, 3.8) is 0 Å². The molecular weight excluding hydrogens is 350 g/mol. The molecule has 7 nitrogen and oxygen atoms in total. The molecule has 5 rings (SSSR count). The van der Waals surface area contributed by atoms with E-state index in [2.05, 4.69) is 49.4 Å². The average Bonchev–Trinajstić information content (AvgIpc) is 3.38. The molecule has 3 N–H and O–H groups in total. The Morgan fingerprint density at radius 1 is 1.25 bits per heavy atom. The zero-order valence-electron chi connectivity index (χ0n) is 15.8. The third kappa shape index (κ3) is 3.14. The van der Waals surface area contributed by atoms with Crippen LogP contribution < -0.4 is 10.6 Å². The molecule has 28 heavy (non-hydrogen) atoms. The number of aryl methyl sites for hydroxylation is 1. The van der Waals surface area contributed by atoms with E-state index < -0.39 is 0 Å². The molecule has 142 valence electrons. The number of rotatable bonds is 4. The van der Waals surface area contributed by atoms with Crippen LogP contribution in [-0.4, -0.2) is 43.7 Å². The molecule has 0 radical (unpaired) electrons. The number of imidazole rings is 1. The largest absolute Gasteiger partial charge is 0.366 e. The van der Waals surface area contributed by atoms with E-state index in [-0.39, 0.29) is 0 Å². The lowest BCUT2D eigenvalue weighted by Gasteiger charge is -2.24. The van der Waals surface area contributed by atoms with Crippen LogP contribution in [0.1, 0.15) is 18.4 Å². The van der Waals surface area contributed by atoms with Gasteiger partial charge in [0.2, 0.25) is 0 Å². The smallest absolute Gasteiger partial charge is 0.137 e. The molecule has 0 bridgehead atoms. The summed E-state index contributed by atoms with van der Waals surface area (Å²) in [5, 5.41) is 14.0. The molecule has 1 atom stereocenters. The number of aromatic amines is 1. The highest BCUT2D eigenvalue weighted by Gasteiger charge is 2.15. The van der Waals surface area contributed by atoms with Gasteiger partial charge in [0.25, 0.3) is 0 Å². The van der Waals surface area contributed by atoms with Crippen molar-refractivity contribution < 1.29 is 0 Å². The number of pyridine rings is 2. The van der Waals surface area contributed by atoms with Crippen LogP contribution in [0, 0.1) is 6.92 Å². The summed E-state index contributed by atoms with van der Waals surface area (Å²) in [6, 6.07) is 8.63. The number of hydrogen-bond acceptors (Lipinski definition) is 5. The molecule has 7 heteroatoms. The zero-order chi connectivity index (χ0) is 18.9. The lowest BCUT2D eigenvalue weighted by molar-refractivity contribution is 0.479. The van der Waals surface area contributed by atoms with Gasteiger partial charge in [-0.25, -0.2) is 9.97 Å². The van der Waals surface area contributed by atoms with Crippen molar-refractivity contribution >= 4 is 11.5 Å². The highest BCUT2D eigenvalue weighted by molar-refractivity contribution is 5.70. The first-order valence-electron chi connectivity index (χ1n) is 9.69. The van der Waals surface area contributed by atoms with Gasteiger partial charge in [0.05, 0.1) is 23.8 Å². The van der Waals surface area contributed by atoms with Gasteiger partial charge in [-0.2, -0.15) is 5.10 Å². The molecule has 0 spiro atoms. The predicted molar refractivity (Wildman–Crippen MR) is 110 cm³/mol. The van der Waals surface area contributed by atoms with Crippen molar-refractivity contribution in [2.24, 2.45) is 0 Å². The number of piperidine rings is 1. The maximum absolute atomic E-state index is 4.86. The number of nitrogens with zero attached hydrogens (tertiary/aromatic N) is 4. The number of aromatic nitrogens is 5. The van der Waals surface area contributed by atoms with Gasteiger partial charge in [0, 0.05) is 36.1 Å². The minimum absolute atomic E-state index is 0.425. The predicted octanol–water partition coefficient (Wildman–Crippen LogP) is 3.26. The van der Waals surface area contributed by atoms with Gasteiger partial charge in [0.15, 0.2) is 0 Å². The van der Waals surface area contributed by atoms with Gasteiger partial charge in [-0.05, 0) is 50.1 Å². The van der Waals surface area contributed by atoms with Crippen molar-refractivity contribution in [1.82, 2.24) is 29.9 Å². The lowest BCUT2D eigenvalue weighted by atomic mass is 10.1. The molecule has 0 saturated carbocycles. The second kappa shape index (κ2) is 7.09. The van der Waals surface area contributed by atoms with E-state index in [1.54, 1.807) is 0 Å². The molecule has 0 amide bonds. The third-order valence-electron chi connectivity index (χ3n) is 5.32. The highest BCUT2D eigenvalue weighted by atomic mass is 15.1. The van der Waals surface area contributed by atoms with Gasteiger partial charge in [-0.3, -0.25) is 9.50 Å². The summed E-state index contributed by atoms with van der Waals surface area (Å²) in [7, 11) is 0. The molecule has 4 aromatic rings. The number of fused-ring (bicyclic) bond motifs is 1. The van der Waals surface area contributed by atoms with Crippen LogP contribution in [0.5, 0.6) is 0 Å². The van der Waals surface area contributed by atoms with Gasteiger partial charge in [0.1, 0.15) is 11.5 Å². The Hall–Kier alpha value is -3.19.